The summed E-state index contributed by atoms with van der Waals surface area (Å²) in [4.78, 5) is 2.15. The summed E-state index contributed by atoms with van der Waals surface area (Å²) < 4.78 is 16.3. The molecule has 278 valence electrons. The first-order valence-corrected chi connectivity index (χ1v) is 20.0. The highest BCUT2D eigenvalue weighted by atomic mass is 19.1. The molecule has 0 aliphatic rings. The van der Waals surface area contributed by atoms with Crippen LogP contribution in [0.1, 0.15) is 0 Å². The maximum atomic E-state index is 13.9. The molecular weight excluding hydrogens is 720 g/mol. The zero-order chi connectivity index (χ0) is 39.3. The molecule has 0 saturated carbocycles. The highest BCUT2D eigenvalue weighted by molar-refractivity contribution is 6.21. The van der Waals surface area contributed by atoms with Crippen molar-refractivity contribution in [3.63, 3.8) is 0 Å². The minimum Gasteiger partial charge on any atom is -0.311 e. The molecule has 0 spiro atoms. The molecule has 3 heteroatoms. The Bertz CT molecular complexity index is 3240. The molecule has 11 aromatic rings. The summed E-state index contributed by atoms with van der Waals surface area (Å²) in [6.45, 7) is 0. The Balaban J connectivity index is 0.988. The summed E-state index contributed by atoms with van der Waals surface area (Å²) in [6, 6.07) is 78.5. The Kier molecular flexibility index (Phi) is 8.37. The maximum absolute atomic E-state index is 13.9. The quantitative estimate of drug-likeness (QED) is 0.147. The van der Waals surface area contributed by atoms with Crippen LogP contribution in [0.2, 0.25) is 0 Å². The van der Waals surface area contributed by atoms with Gasteiger partial charge in [-0.2, -0.15) is 0 Å². The van der Waals surface area contributed by atoms with E-state index < -0.39 is 0 Å². The van der Waals surface area contributed by atoms with Gasteiger partial charge in [-0.05, 0) is 134 Å². The van der Waals surface area contributed by atoms with E-state index >= 15 is 0 Å². The van der Waals surface area contributed by atoms with Crippen LogP contribution in [0.4, 0.5) is 21.5 Å². The van der Waals surface area contributed by atoms with Gasteiger partial charge in [0.1, 0.15) is 5.82 Å². The smallest absolute Gasteiger partial charge is 0.123 e. The van der Waals surface area contributed by atoms with Crippen molar-refractivity contribution in [1.29, 1.82) is 0 Å². The van der Waals surface area contributed by atoms with Crippen molar-refractivity contribution < 1.29 is 4.39 Å². The van der Waals surface area contributed by atoms with Gasteiger partial charge >= 0.3 is 0 Å². The van der Waals surface area contributed by atoms with Gasteiger partial charge < -0.3 is 9.47 Å². The van der Waals surface area contributed by atoms with Crippen LogP contribution in [0.15, 0.2) is 224 Å². The minimum atomic E-state index is -0.252. The van der Waals surface area contributed by atoms with Crippen molar-refractivity contribution >= 4 is 60.4 Å². The first kappa shape index (κ1) is 34.5. The van der Waals surface area contributed by atoms with Gasteiger partial charge in [-0.25, -0.2) is 4.39 Å². The fourth-order valence-electron chi connectivity index (χ4n) is 8.98. The van der Waals surface area contributed by atoms with Crippen molar-refractivity contribution in [2.45, 2.75) is 0 Å². The zero-order valence-electron chi connectivity index (χ0n) is 32.1. The van der Waals surface area contributed by atoms with Crippen LogP contribution in [0, 0.1) is 5.82 Å². The fraction of sp³-hybridized carbons (Fsp3) is 0. The topological polar surface area (TPSA) is 8.17 Å². The molecule has 0 unspecified atom stereocenters. The average Bonchev–Trinajstić information content (AvgIpc) is 3.63. The summed E-state index contributed by atoms with van der Waals surface area (Å²) >= 11 is 0. The number of hydrogen-bond acceptors (Lipinski definition) is 1. The van der Waals surface area contributed by atoms with Crippen molar-refractivity contribution in [3.05, 3.63) is 230 Å². The van der Waals surface area contributed by atoms with Gasteiger partial charge in [0.05, 0.1) is 11.0 Å². The number of para-hydroxylation sites is 2. The number of fused-ring (bicyclic) bond motifs is 5. The molecule has 1 heterocycles. The van der Waals surface area contributed by atoms with Crippen LogP contribution in [-0.4, -0.2) is 4.57 Å². The molecular formula is C56H37FN2. The van der Waals surface area contributed by atoms with Crippen molar-refractivity contribution in [2.24, 2.45) is 0 Å². The lowest BCUT2D eigenvalue weighted by atomic mass is 9.86. The van der Waals surface area contributed by atoms with Gasteiger partial charge in [-0.3, -0.25) is 0 Å². The highest BCUT2D eigenvalue weighted by Crippen LogP contribution is 2.44. The molecule has 59 heavy (non-hydrogen) atoms. The van der Waals surface area contributed by atoms with Crippen molar-refractivity contribution in [3.8, 4) is 39.1 Å². The molecule has 0 aliphatic heterocycles. The fourth-order valence-corrected chi connectivity index (χ4v) is 8.98. The summed E-state index contributed by atoms with van der Waals surface area (Å²) in [6.07, 6.45) is 0. The number of anilines is 3. The average molecular weight is 757 g/mol. The van der Waals surface area contributed by atoms with Crippen LogP contribution in [-0.2, 0) is 0 Å². The van der Waals surface area contributed by atoms with E-state index in [2.05, 4.69) is 191 Å². The SMILES string of the molecule is Fc1ccc(N(c2ccccc2)c2ccc(-c3ccc4c(c3)c3ccccc3n4-c3ccc(-c4c5ccccc5c(-c5ccccc5)c5ccccc45)cc3)cc2)cc1. The summed E-state index contributed by atoms with van der Waals surface area (Å²) in [5.41, 5.74) is 13.6. The second kappa shape index (κ2) is 14.3. The van der Waals surface area contributed by atoms with Gasteiger partial charge in [0.2, 0.25) is 0 Å². The molecule has 0 amide bonds. The second-order valence-electron chi connectivity index (χ2n) is 15.0. The van der Waals surface area contributed by atoms with Gasteiger partial charge in [0, 0.05) is 33.5 Å². The lowest BCUT2D eigenvalue weighted by Crippen LogP contribution is -2.09. The largest absolute Gasteiger partial charge is 0.311 e. The Labute approximate surface area is 342 Å². The third-order valence-electron chi connectivity index (χ3n) is 11.6. The number of nitrogens with zero attached hydrogens (tertiary/aromatic N) is 2. The van der Waals surface area contributed by atoms with Gasteiger partial charge in [-0.15, -0.1) is 0 Å². The standard InChI is InChI=1S/C56H37FN2/c57-42-28-34-45(35-29-42)58(43-15-5-2-6-16-43)44-30-23-38(24-31-44)41-27-36-54-52(37-41)47-17-11-12-22-53(47)59(54)46-32-25-40(26-33-46)56-50-20-9-7-18-48(50)55(39-13-3-1-4-14-39)49-19-8-10-21-51(49)56/h1-37H. The number of rotatable bonds is 7. The lowest BCUT2D eigenvalue weighted by molar-refractivity contribution is 0.628. The molecule has 0 N–H and O–H groups in total. The number of halogens is 1. The van der Waals surface area contributed by atoms with Crippen LogP contribution >= 0.6 is 0 Å². The van der Waals surface area contributed by atoms with Crippen LogP contribution in [0.25, 0.3) is 82.4 Å². The van der Waals surface area contributed by atoms with Crippen molar-refractivity contribution in [2.75, 3.05) is 4.90 Å². The molecule has 10 aromatic carbocycles. The van der Waals surface area contributed by atoms with Crippen LogP contribution in [0.5, 0.6) is 0 Å². The number of aromatic nitrogens is 1. The predicted molar refractivity (Wildman–Crippen MR) is 247 cm³/mol. The highest BCUT2D eigenvalue weighted by Gasteiger charge is 2.18. The van der Waals surface area contributed by atoms with E-state index in [1.54, 1.807) is 0 Å². The Morgan fingerprint density at radius 2 is 0.729 bits per heavy atom. The first-order chi connectivity index (χ1) is 29.2. The monoisotopic (exact) mass is 756 g/mol. The molecule has 0 radical (unpaired) electrons. The van der Waals surface area contributed by atoms with Crippen LogP contribution in [0.3, 0.4) is 0 Å². The molecule has 0 saturated heterocycles. The lowest BCUT2D eigenvalue weighted by Gasteiger charge is -2.25. The molecule has 1 aromatic heterocycles. The van der Waals surface area contributed by atoms with Crippen LogP contribution < -0.4 is 4.90 Å². The van der Waals surface area contributed by atoms with E-state index in [-0.39, 0.29) is 5.82 Å². The van der Waals surface area contributed by atoms with Gasteiger partial charge in [-0.1, -0.05) is 146 Å². The van der Waals surface area contributed by atoms with E-state index in [9.17, 15) is 4.39 Å². The molecule has 0 bridgehead atoms. The molecule has 2 nitrogen and oxygen atoms in total. The molecule has 0 atom stereocenters. The Morgan fingerprint density at radius 3 is 1.32 bits per heavy atom. The van der Waals surface area contributed by atoms with E-state index in [4.69, 9.17) is 0 Å². The van der Waals surface area contributed by atoms with E-state index in [0.29, 0.717) is 0 Å². The third-order valence-corrected chi connectivity index (χ3v) is 11.6. The summed E-state index contributed by atoms with van der Waals surface area (Å²) in [7, 11) is 0. The maximum Gasteiger partial charge on any atom is 0.123 e. The number of hydrogen-bond donors (Lipinski definition) is 0. The number of benzene rings is 10. The molecule has 11 rings (SSSR count). The third kappa shape index (κ3) is 5.95. The van der Waals surface area contributed by atoms with E-state index in [0.717, 1.165) is 39.4 Å². The Morgan fingerprint density at radius 1 is 0.305 bits per heavy atom. The molecule has 0 fully saturated rings. The minimum absolute atomic E-state index is 0.252. The summed E-state index contributed by atoms with van der Waals surface area (Å²) in [5, 5.41) is 7.43. The second-order valence-corrected chi connectivity index (χ2v) is 15.0. The van der Waals surface area contributed by atoms with Crippen molar-refractivity contribution in [1.82, 2.24) is 4.57 Å². The Hall–Kier alpha value is -7.75. The summed E-state index contributed by atoms with van der Waals surface area (Å²) in [5.74, 6) is -0.252. The van der Waals surface area contributed by atoms with Gasteiger partial charge in [0.25, 0.3) is 0 Å². The van der Waals surface area contributed by atoms with E-state index in [1.807, 2.05) is 30.3 Å². The zero-order valence-corrected chi connectivity index (χ0v) is 32.1. The normalized spacial score (nSPS) is 11.5. The first-order valence-electron chi connectivity index (χ1n) is 20.0. The predicted octanol–water partition coefficient (Wildman–Crippen LogP) is 15.7. The van der Waals surface area contributed by atoms with Gasteiger partial charge in [0.15, 0.2) is 0 Å². The van der Waals surface area contributed by atoms with E-state index in [1.165, 1.54) is 72.2 Å². The molecule has 0 aliphatic carbocycles.